The molecule has 0 aromatic carbocycles. The van der Waals surface area contributed by atoms with E-state index >= 15 is 0 Å². The Hall–Kier alpha value is -1.31. The molecule has 1 atom stereocenters. The van der Waals surface area contributed by atoms with Gasteiger partial charge in [0.15, 0.2) is 0 Å². The smallest absolute Gasteiger partial charge is 0.203 e. The van der Waals surface area contributed by atoms with Crippen molar-refractivity contribution in [1.82, 2.24) is 10.2 Å². The van der Waals surface area contributed by atoms with Gasteiger partial charge in [0, 0.05) is 12.6 Å². The Kier molecular flexibility index (Phi) is 4.18. The van der Waals surface area contributed by atoms with Crippen LogP contribution in [0.2, 0.25) is 0 Å². The van der Waals surface area contributed by atoms with Gasteiger partial charge in [-0.15, -0.1) is 0 Å². The molecule has 0 radical (unpaired) electrons. The SMILES string of the molecule is CCN1CCCC1CNCc1ccc(C#N)o1. The van der Waals surface area contributed by atoms with E-state index < -0.39 is 0 Å². The van der Waals surface area contributed by atoms with Crippen molar-refractivity contribution in [3.8, 4) is 6.07 Å². The third-order valence-corrected chi connectivity index (χ3v) is 3.36. The van der Waals surface area contributed by atoms with Gasteiger partial charge in [0.25, 0.3) is 0 Å². The van der Waals surface area contributed by atoms with Gasteiger partial charge >= 0.3 is 0 Å². The van der Waals surface area contributed by atoms with Gasteiger partial charge in [-0.3, -0.25) is 4.90 Å². The Balaban J connectivity index is 1.74. The molecule has 0 aliphatic carbocycles. The third-order valence-electron chi connectivity index (χ3n) is 3.36. The summed E-state index contributed by atoms with van der Waals surface area (Å²) < 4.78 is 5.31. The molecule has 2 heterocycles. The van der Waals surface area contributed by atoms with E-state index in [1.165, 1.54) is 19.4 Å². The number of nitrogens with one attached hydrogen (secondary N) is 1. The molecule has 1 aliphatic rings. The summed E-state index contributed by atoms with van der Waals surface area (Å²) in [5.41, 5.74) is 0. The van der Waals surface area contributed by atoms with Crippen LogP contribution >= 0.6 is 0 Å². The number of rotatable bonds is 5. The Bertz CT molecular complexity index is 394. The summed E-state index contributed by atoms with van der Waals surface area (Å²) in [5, 5.41) is 12.0. The Morgan fingerprint density at radius 3 is 3.18 bits per heavy atom. The molecule has 2 rings (SSSR count). The zero-order valence-electron chi connectivity index (χ0n) is 10.3. The van der Waals surface area contributed by atoms with Gasteiger partial charge in [0.2, 0.25) is 5.76 Å². The first-order valence-corrected chi connectivity index (χ1v) is 6.27. The van der Waals surface area contributed by atoms with Crippen LogP contribution in [0.5, 0.6) is 0 Å². The highest BCUT2D eigenvalue weighted by Gasteiger charge is 2.22. The van der Waals surface area contributed by atoms with Gasteiger partial charge < -0.3 is 9.73 Å². The highest BCUT2D eigenvalue weighted by molar-refractivity contribution is 5.18. The number of likely N-dealkylation sites (N-methyl/N-ethyl adjacent to an activating group) is 1. The van der Waals surface area contributed by atoms with Crippen LogP contribution in [0.1, 0.15) is 31.3 Å². The molecule has 1 aromatic rings. The molecule has 0 bridgehead atoms. The van der Waals surface area contributed by atoms with E-state index in [4.69, 9.17) is 9.68 Å². The second-order valence-electron chi connectivity index (χ2n) is 4.43. The van der Waals surface area contributed by atoms with Crippen LogP contribution < -0.4 is 5.32 Å². The molecule has 1 unspecified atom stereocenters. The molecule has 4 nitrogen and oxygen atoms in total. The lowest BCUT2D eigenvalue weighted by molar-refractivity contribution is 0.258. The van der Waals surface area contributed by atoms with Crippen molar-refractivity contribution in [3.63, 3.8) is 0 Å². The van der Waals surface area contributed by atoms with Gasteiger partial charge in [-0.05, 0) is 38.1 Å². The maximum absolute atomic E-state index is 8.64. The molecule has 1 N–H and O–H groups in total. The summed E-state index contributed by atoms with van der Waals surface area (Å²) >= 11 is 0. The normalized spacial score (nSPS) is 20.6. The van der Waals surface area contributed by atoms with Gasteiger partial charge in [0.1, 0.15) is 11.8 Å². The zero-order valence-corrected chi connectivity index (χ0v) is 10.3. The highest BCUT2D eigenvalue weighted by atomic mass is 16.3. The Morgan fingerprint density at radius 1 is 1.59 bits per heavy atom. The third kappa shape index (κ3) is 3.09. The molecule has 1 aromatic heterocycles. The molecule has 1 saturated heterocycles. The van der Waals surface area contributed by atoms with Crippen LogP contribution in [0.25, 0.3) is 0 Å². The molecule has 92 valence electrons. The number of hydrogen-bond acceptors (Lipinski definition) is 4. The monoisotopic (exact) mass is 233 g/mol. The second-order valence-corrected chi connectivity index (χ2v) is 4.43. The lowest BCUT2D eigenvalue weighted by atomic mass is 10.2. The van der Waals surface area contributed by atoms with Gasteiger partial charge in [0.05, 0.1) is 6.54 Å². The molecule has 0 amide bonds. The molecule has 0 spiro atoms. The minimum absolute atomic E-state index is 0.387. The van der Waals surface area contributed by atoms with Crippen molar-refractivity contribution >= 4 is 0 Å². The van der Waals surface area contributed by atoms with Crippen molar-refractivity contribution in [2.45, 2.75) is 32.4 Å². The summed E-state index contributed by atoms with van der Waals surface area (Å²) in [6.45, 7) is 6.27. The topological polar surface area (TPSA) is 52.2 Å². The standard InChI is InChI=1S/C13H19N3O/c1-2-16-7-3-4-11(16)9-15-10-13-6-5-12(8-14)17-13/h5-6,11,15H,2-4,7,9-10H2,1H3. The Morgan fingerprint density at radius 2 is 2.47 bits per heavy atom. The van der Waals surface area contributed by atoms with Crippen molar-refractivity contribution in [2.24, 2.45) is 0 Å². The fourth-order valence-corrected chi connectivity index (χ4v) is 2.44. The first kappa shape index (κ1) is 12.2. The average molecular weight is 233 g/mol. The summed E-state index contributed by atoms with van der Waals surface area (Å²) in [7, 11) is 0. The highest BCUT2D eigenvalue weighted by Crippen LogP contribution is 2.15. The minimum Gasteiger partial charge on any atom is -0.449 e. The Labute approximate surface area is 102 Å². The summed E-state index contributed by atoms with van der Waals surface area (Å²) in [5.74, 6) is 1.22. The zero-order chi connectivity index (χ0) is 12.1. The van der Waals surface area contributed by atoms with E-state index in [-0.39, 0.29) is 0 Å². The van der Waals surface area contributed by atoms with E-state index in [9.17, 15) is 0 Å². The molecular formula is C13H19N3O. The quantitative estimate of drug-likeness (QED) is 0.841. The van der Waals surface area contributed by atoms with E-state index in [1.54, 1.807) is 6.07 Å². The minimum atomic E-state index is 0.387. The maximum Gasteiger partial charge on any atom is 0.203 e. The van der Waals surface area contributed by atoms with Gasteiger partial charge in [-0.1, -0.05) is 6.92 Å². The summed E-state index contributed by atoms with van der Waals surface area (Å²) in [4.78, 5) is 2.51. The van der Waals surface area contributed by atoms with Crippen LogP contribution in [0.3, 0.4) is 0 Å². The van der Waals surface area contributed by atoms with Gasteiger partial charge in [-0.25, -0.2) is 0 Å². The van der Waals surface area contributed by atoms with Crippen molar-refractivity contribution in [2.75, 3.05) is 19.6 Å². The fourth-order valence-electron chi connectivity index (χ4n) is 2.44. The van der Waals surface area contributed by atoms with Crippen LogP contribution in [-0.2, 0) is 6.54 Å². The molecule has 1 fully saturated rings. The van der Waals surface area contributed by atoms with Crippen LogP contribution in [0.4, 0.5) is 0 Å². The lowest BCUT2D eigenvalue weighted by Gasteiger charge is -2.22. The largest absolute Gasteiger partial charge is 0.449 e. The molecule has 4 heteroatoms. The van der Waals surface area contributed by atoms with Crippen LogP contribution in [0, 0.1) is 11.3 Å². The van der Waals surface area contributed by atoms with E-state index in [1.807, 2.05) is 12.1 Å². The van der Waals surface area contributed by atoms with Crippen LogP contribution in [-0.4, -0.2) is 30.6 Å². The average Bonchev–Trinajstić information content (AvgIpc) is 2.97. The predicted octanol–water partition coefficient (Wildman–Crippen LogP) is 1.73. The first-order chi connectivity index (χ1) is 8.33. The molecular weight excluding hydrogens is 214 g/mol. The van der Waals surface area contributed by atoms with E-state index in [2.05, 4.69) is 17.1 Å². The van der Waals surface area contributed by atoms with E-state index in [0.717, 1.165) is 18.8 Å². The summed E-state index contributed by atoms with van der Waals surface area (Å²) in [6, 6.07) is 6.22. The first-order valence-electron chi connectivity index (χ1n) is 6.27. The molecule has 17 heavy (non-hydrogen) atoms. The fraction of sp³-hybridized carbons (Fsp3) is 0.615. The predicted molar refractivity (Wildman–Crippen MR) is 65.4 cm³/mol. The van der Waals surface area contributed by atoms with Crippen LogP contribution in [0.15, 0.2) is 16.5 Å². The van der Waals surface area contributed by atoms with E-state index in [0.29, 0.717) is 18.3 Å². The number of nitrogens with zero attached hydrogens (tertiary/aromatic N) is 2. The number of nitriles is 1. The number of hydrogen-bond donors (Lipinski definition) is 1. The molecule has 1 aliphatic heterocycles. The second kappa shape index (κ2) is 5.85. The van der Waals surface area contributed by atoms with Gasteiger partial charge in [-0.2, -0.15) is 5.26 Å². The van der Waals surface area contributed by atoms with Crippen molar-refractivity contribution in [3.05, 3.63) is 23.7 Å². The van der Waals surface area contributed by atoms with Crippen molar-refractivity contribution in [1.29, 1.82) is 5.26 Å². The lowest BCUT2D eigenvalue weighted by Crippen LogP contribution is -2.37. The molecule has 0 saturated carbocycles. The number of furan rings is 1. The van der Waals surface area contributed by atoms with Crippen molar-refractivity contribution < 1.29 is 4.42 Å². The number of likely N-dealkylation sites (tertiary alicyclic amines) is 1. The summed E-state index contributed by atoms with van der Waals surface area (Å²) in [6.07, 6.45) is 2.59. The maximum atomic E-state index is 8.64.